The summed E-state index contributed by atoms with van der Waals surface area (Å²) in [7, 11) is 0. The molecule has 2 heterocycles. The van der Waals surface area contributed by atoms with Crippen molar-refractivity contribution in [2.45, 2.75) is 24.9 Å². The molecule has 0 aliphatic heterocycles. The molecule has 0 saturated heterocycles. The number of hydrogen-bond acceptors (Lipinski definition) is 4. The minimum atomic E-state index is -0.793. The van der Waals surface area contributed by atoms with E-state index >= 15 is 0 Å². The van der Waals surface area contributed by atoms with Crippen LogP contribution in [0, 0.1) is 11.8 Å². The fourth-order valence-electron chi connectivity index (χ4n) is 2.73. The molecule has 0 unspecified atom stereocenters. The lowest BCUT2D eigenvalue weighted by atomic mass is 9.81. The summed E-state index contributed by atoms with van der Waals surface area (Å²) in [6.07, 6.45) is 6.14. The molecule has 2 aromatic heterocycles. The van der Waals surface area contributed by atoms with Gasteiger partial charge in [0.2, 0.25) is 5.95 Å². The van der Waals surface area contributed by atoms with E-state index in [0.29, 0.717) is 0 Å². The van der Waals surface area contributed by atoms with Crippen LogP contribution in [-0.4, -0.2) is 25.7 Å². The SMILES string of the molecule is Nc1ncc2[nH]cc(-c3cccc(C#CC4(O)CCC4)c3)c2n1. The van der Waals surface area contributed by atoms with Crippen molar-refractivity contribution in [2.75, 3.05) is 5.73 Å². The number of nitrogens with one attached hydrogen (secondary N) is 1. The van der Waals surface area contributed by atoms with Gasteiger partial charge >= 0.3 is 0 Å². The summed E-state index contributed by atoms with van der Waals surface area (Å²) in [6.45, 7) is 0. The number of nitrogens with two attached hydrogens (primary N) is 1. The molecular weight excluding hydrogens is 288 g/mol. The number of nitrogen functional groups attached to an aromatic ring is 1. The molecule has 5 nitrogen and oxygen atoms in total. The molecule has 1 aliphatic carbocycles. The molecule has 3 aromatic rings. The molecule has 0 radical (unpaired) electrons. The van der Waals surface area contributed by atoms with Crippen molar-refractivity contribution in [1.29, 1.82) is 0 Å². The van der Waals surface area contributed by atoms with Crippen LogP contribution in [0.15, 0.2) is 36.7 Å². The van der Waals surface area contributed by atoms with Crippen LogP contribution in [0.4, 0.5) is 5.95 Å². The van der Waals surface area contributed by atoms with E-state index < -0.39 is 5.60 Å². The Hall–Kier alpha value is -2.84. The van der Waals surface area contributed by atoms with Crippen molar-refractivity contribution in [3.63, 3.8) is 0 Å². The quantitative estimate of drug-likeness (QED) is 0.603. The van der Waals surface area contributed by atoms with E-state index in [1.807, 2.05) is 30.5 Å². The smallest absolute Gasteiger partial charge is 0.220 e. The number of fused-ring (bicyclic) bond motifs is 1. The zero-order chi connectivity index (χ0) is 15.9. The largest absolute Gasteiger partial charge is 0.378 e. The molecule has 23 heavy (non-hydrogen) atoms. The Bertz CT molecular complexity index is 944. The summed E-state index contributed by atoms with van der Waals surface area (Å²) in [5.41, 5.74) is 9.37. The first-order valence-electron chi connectivity index (χ1n) is 7.59. The second-order valence-electron chi connectivity index (χ2n) is 5.91. The van der Waals surface area contributed by atoms with Gasteiger partial charge in [0.05, 0.1) is 11.7 Å². The lowest BCUT2D eigenvalue weighted by Gasteiger charge is -2.30. The number of anilines is 1. The van der Waals surface area contributed by atoms with Crippen LogP contribution in [0.25, 0.3) is 22.2 Å². The van der Waals surface area contributed by atoms with Crippen LogP contribution in [0.2, 0.25) is 0 Å². The predicted octanol–water partition coefficient (Wildman–Crippen LogP) is 2.47. The molecule has 0 atom stereocenters. The van der Waals surface area contributed by atoms with Gasteiger partial charge in [0.25, 0.3) is 0 Å². The van der Waals surface area contributed by atoms with Crippen molar-refractivity contribution in [3.8, 4) is 23.0 Å². The van der Waals surface area contributed by atoms with Gasteiger partial charge in [0, 0.05) is 17.3 Å². The summed E-state index contributed by atoms with van der Waals surface area (Å²) in [6, 6.07) is 7.89. The first kappa shape index (κ1) is 13.8. The Balaban J connectivity index is 1.74. The number of nitrogens with zero attached hydrogens (tertiary/aromatic N) is 2. The third kappa shape index (κ3) is 2.54. The Kier molecular flexibility index (Phi) is 3.07. The van der Waals surface area contributed by atoms with Crippen molar-refractivity contribution in [3.05, 3.63) is 42.2 Å². The maximum Gasteiger partial charge on any atom is 0.220 e. The highest BCUT2D eigenvalue weighted by Gasteiger charge is 2.32. The maximum atomic E-state index is 10.1. The monoisotopic (exact) mass is 304 g/mol. The van der Waals surface area contributed by atoms with E-state index in [2.05, 4.69) is 26.8 Å². The van der Waals surface area contributed by atoms with Gasteiger partial charge in [-0.05, 0) is 37.0 Å². The number of rotatable bonds is 1. The summed E-state index contributed by atoms with van der Waals surface area (Å²) >= 11 is 0. The Morgan fingerprint density at radius 3 is 2.96 bits per heavy atom. The molecule has 4 rings (SSSR count). The highest BCUT2D eigenvalue weighted by atomic mass is 16.3. The van der Waals surface area contributed by atoms with Gasteiger partial charge in [-0.1, -0.05) is 24.0 Å². The van der Waals surface area contributed by atoms with Gasteiger partial charge in [-0.2, -0.15) is 0 Å². The van der Waals surface area contributed by atoms with Crippen molar-refractivity contribution < 1.29 is 5.11 Å². The van der Waals surface area contributed by atoms with Crippen LogP contribution in [0.3, 0.4) is 0 Å². The van der Waals surface area contributed by atoms with E-state index in [9.17, 15) is 5.11 Å². The molecular formula is C18H16N4O. The fourth-order valence-corrected chi connectivity index (χ4v) is 2.73. The van der Waals surface area contributed by atoms with Crippen molar-refractivity contribution in [2.24, 2.45) is 0 Å². The topological polar surface area (TPSA) is 87.8 Å². The molecule has 1 saturated carbocycles. The number of H-pyrrole nitrogens is 1. The van der Waals surface area contributed by atoms with Crippen LogP contribution < -0.4 is 5.73 Å². The molecule has 1 fully saturated rings. The van der Waals surface area contributed by atoms with Gasteiger partial charge in [0.15, 0.2) is 0 Å². The molecule has 4 N–H and O–H groups in total. The van der Waals surface area contributed by atoms with Crippen LogP contribution in [0.1, 0.15) is 24.8 Å². The highest BCUT2D eigenvalue weighted by Crippen LogP contribution is 2.31. The lowest BCUT2D eigenvalue weighted by Crippen LogP contribution is -2.34. The van der Waals surface area contributed by atoms with E-state index in [0.717, 1.165) is 47.0 Å². The third-order valence-electron chi connectivity index (χ3n) is 4.23. The van der Waals surface area contributed by atoms with Gasteiger partial charge in [-0.3, -0.25) is 0 Å². The summed E-state index contributed by atoms with van der Waals surface area (Å²) in [5, 5.41) is 10.1. The normalized spacial score (nSPS) is 15.7. The number of aromatic nitrogens is 3. The number of aliphatic hydroxyl groups is 1. The number of aromatic amines is 1. The summed E-state index contributed by atoms with van der Waals surface area (Å²) < 4.78 is 0. The molecule has 0 spiro atoms. The average molecular weight is 304 g/mol. The third-order valence-corrected chi connectivity index (χ3v) is 4.23. The molecule has 5 heteroatoms. The van der Waals surface area contributed by atoms with Crippen LogP contribution in [0.5, 0.6) is 0 Å². The van der Waals surface area contributed by atoms with Gasteiger partial charge < -0.3 is 15.8 Å². The average Bonchev–Trinajstić information content (AvgIpc) is 2.94. The van der Waals surface area contributed by atoms with E-state index in [1.54, 1.807) is 6.20 Å². The first-order valence-corrected chi connectivity index (χ1v) is 7.59. The van der Waals surface area contributed by atoms with E-state index in [1.165, 1.54) is 0 Å². The van der Waals surface area contributed by atoms with Gasteiger partial charge in [-0.15, -0.1) is 0 Å². The van der Waals surface area contributed by atoms with Crippen LogP contribution >= 0.6 is 0 Å². The summed E-state index contributed by atoms with van der Waals surface area (Å²) in [4.78, 5) is 11.4. The second-order valence-corrected chi connectivity index (χ2v) is 5.91. The minimum absolute atomic E-state index is 0.251. The van der Waals surface area contributed by atoms with Crippen LogP contribution in [-0.2, 0) is 0 Å². The lowest BCUT2D eigenvalue weighted by molar-refractivity contribution is 0.0240. The van der Waals surface area contributed by atoms with Gasteiger partial charge in [0.1, 0.15) is 11.1 Å². The minimum Gasteiger partial charge on any atom is -0.378 e. The van der Waals surface area contributed by atoms with Crippen molar-refractivity contribution in [1.82, 2.24) is 15.0 Å². The molecule has 114 valence electrons. The Morgan fingerprint density at radius 1 is 1.30 bits per heavy atom. The fraction of sp³-hybridized carbons (Fsp3) is 0.222. The predicted molar refractivity (Wildman–Crippen MR) is 89.4 cm³/mol. The molecule has 1 aromatic carbocycles. The second kappa shape index (κ2) is 5.11. The standard InChI is InChI=1S/C18H16N4O/c19-17-21-11-15-16(22-17)14(10-20-15)13-4-1-3-12(9-13)5-8-18(23)6-2-7-18/h1,3-4,9-11,20,23H,2,6-7H2,(H2,19,21,22). The number of hydrogen-bond donors (Lipinski definition) is 3. The highest BCUT2D eigenvalue weighted by molar-refractivity contribution is 5.92. The Labute approximate surface area is 133 Å². The van der Waals surface area contributed by atoms with E-state index in [-0.39, 0.29) is 5.95 Å². The van der Waals surface area contributed by atoms with Gasteiger partial charge in [-0.25, -0.2) is 9.97 Å². The zero-order valence-corrected chi connectivity index (χ0v) is 12.5. The summed E-state index contributed by atoms with van der Waals surface area (Å²) in [5.74, 6) is 6.32. The first-order chi connectivity index (χ1) is 11.1. The van der Waals surface area contributed by atoms with E-state index in [4.69, 9.17) is 5.73 Å². The molecule has 0 bridgehead atoms. The maximum absolute atomic E-state index is 10.1. The number of benzene rings is 1. The zero-order valence-electron chi connectivity index (χ0n) is 12.5. The Morgan fingerprint density at radius 2 is 2.17 bits per heavy atom. The molecule has 1 aliphatic rings. The molecule has 0 amide bonds. The van der Waals surface area contributed by atoms with Crippen molar-refractivity contribution >= 4 is 17.0 Å².